The van der Waals surface area contributed by atoms with Gasteiger partial charge in [0.15, 0.2) is 0 Å². The number of esters is 1. The fourth-order valence-corrected chi connectivity index (χ4v) is 1.25. The summed E-state index contributed by atoms with van der Waals surface area (Å²) in [4.78, 5) is 11.1. The topological polar surface area (TPSA) is 26.3 Å². The second kappa shape index (κ2) is 3.01. The molecule has 0 bridgehead atoms. The van der Waals surface area contributed by atoms with E-state index in [0.717, 1.165) is 5.56 Å². The number of rotatable bonds is 1. The minimum Gasteiger partial charge on any atom is -0.434 e. The van der Waals surface area contributed by atoms with E-state index in [1.165, 1.54) is 18.4 Å². The maximum absolute atomic E-state index is 12.5. The highest BCUT2D eigenvalue weighted by Crippen LogP contribution is 2.23. The van der Waals surface area contributed by atoms with Crippen LogP contribution in [0, 0.1) is 5.82 Å². The molecular formula is C10H7FO2. The van der Waals surface area contributed by atoms with E-state index >= 15 is 0 Å². The first kappa shape index (κ1) is 7.98. The van der Waals surface area contributed by atoms with Gasteiger partial charge in [0.2, 0.25) is 0 Å². The van der Waals surface area contributed by atoms with E-state index in [-0.39, 0.29) is 17.7 Å². The van der Waals surface area contributed by atoms with Gasteiger partial charge in [-0.15, -0.1) is 0 Å². The van der Waals surface area contributed by atoms with E-state index < -0.39 is 0 Å². The second-order valence-electron chi connectivity index (χ2n) is 2.79. The van der Waals surface area contributed by atoms with Gasteiger partial charge in [-0.25, -0.2) is 4.39 Å². The van der Waals surface area contributed by atoms with Crippen LogP contribution in [0.5, 0.6) is 0 Å². The molecule has 1 unspecified atom stereocenters. The first-order valence-electron chi connectivity index (χ1n) is 3.90. The summed E-state index contributed by atoms with van der Waals surface area (Å²) < 4.78 is 17.2. The van der Waals surface area contributed by atoms with Gasteiger partial charge in [0.25, 0.3) is 0 Å². The van der Waals surface area contributed by atoms with Crippen molar-refractivity contribution >= 4 is 5.97 Å². The fraction of sp³-hybridized carbons (Fsp3) is 0.100. The Bertz CT molecular complexity index is 354. The lowest BCUT2D eigenvalue weighted by Crippen LogP contribution is -2.05. The van der Waals surface area contributed by atoms with Crippen LogP contribution < -0.4 is 0 Å². The van der Waals surface area contributed by atoms with Crippen LogP contribution in [-0.2, 0) is 9.53 Å². The molecule has 1 atom stereocenters. The molecule has 2 nitrogen and oxygen atoms in total. The van der Waals surface area contributed by atoms with E-state index in [1.807, 2.05) is 0 Å². The van der Waals surface area contributed by atoms with Gasteiger partial charge in [-0.3, -0.25) is 4.79 Å². The number of carbonyl (C=O) groups excluding carboxylic acids is 1. The van der Waals surface area contributed by atoms with Gasteiger partial charge in [0.05, 0.1) is 6.26 Å². The van der Waals surface area contributed by atoms with E-state index in [9.17, 15) is 9.18 Å². The number of cyclic esters (lactones) is 1. The zero-order valence-corrected chi connectivity index (χ0v) is 6.74. The average Bonchev–Trinajstić information content (AvgIpc) is 2.53. The number of hydrogen-bond acceptors (Lipinski definition) is 2. The van der Waals surface area contributed by atoms with E-state index in [1.54, 1.807) is 18.2 Å². The number of hydrogen-bond donors (Lipinski definition) is 0. The van der Waals surface area contributed by atoms with E-state index in [0.29, 0.717) is 0 Å². The first-order valence-corrected chi connectivity index (χ1v) is 3.90. The molecule has 1 aromatic rings. The summed E-state index contributed by atoms with van der Waals surface area (Å²) in [6.45, 7) is 0. The number of carbonyl (C=O) groups is 1. The summed E-state index contributed by atoms with van der Waals surface area (Å²) in [6.07, 6.45) is 3.01. The van der Waals surface area contributed by atoms with Crippen molar-refractivity contribution in [3.63, 3.8) is 0 Å². The highest BCUT2D eigenvalue weighted by molar-refractivity contribution is 5.83. The smallest absolute Gasteiger partial charge is 0.322 e. The van der Waals surface area contributed by atoms with Crippen molar-refractivity contribution in [1.29, 1.82) is 0 Å². The molecule has 3 heteroatoms. The number of benzene rings is 1. The summed E-state index contributed by atoms with van der Waals surface area (Å²) in [6, 6.07) is 5.82. The van der Waals surface area contributed by atoms with Crippen LogP contribution in [0.25, 0.3) is 0 Å². The lowest BCUT2D eigenvalue weighted by atomic mass is 10.0. The molecule has 13 heavy (non-hydrogen) atoms. The van der Waals surface area contributed by atoms with Crippen LogP contribution in [0.4, 0.5) is 4.39 Å². The standard InChI is InChI=1S/C10H7FO2/c11-8-3-1-7(2-4-8)9-5-6-13-10(9)12/h1-6,9H. The molecule has 1 heterocycles. The average molecular weight is 178 g/mol. The lowest BCUT2D eigenvalue weighted by Gasteiger charge is -2.03. The Labute approximate surface area is 74.6 Å². The van der Waals surface area contributed by atoms with Crippen molar-refractivity contribution in [2.24, 2.45) is 0 Å². The summed E-state index contributed by atoms with van der Waals surface area (Å²) in [7, 11) is 0. The molecule has 0 aliphatic carbocycles. The van der Waals surface area contributed by atoms with Crippen molar-refractivity contribution in [3.8, 4) is 0 Å². The third-order valence-corrected chi connectivity index (χ3v) is 1.94. The van der Waals surface area contributed by atoms with Gasteiger partial charge in [0.1, 0.15) is 11.7 Å². The summed E-state index contributed by atoms with van der Waals surface area (Å²) in [5.74, 6) is -0.994. The van der Waals surface area contributed by atoms with Crippen molar-refractivity contribution in [2.45, 2.75) is 5.92 Å². The molecule has 0 fully saturated rings. The molecule has 1 aliphatic heterocycles. The molecule has 0 N–H and O–H groups in total. The van der Waals surface area contributed by atoms with Gasteiger partial charge in [-0.05, 0) is 23.8 Å². The Hall–Kier alpha value is -1.64. The maximum atomic E-state index is 12.5. The SMILES string of the molecule is O=C1OC=CC1c1ccc(F)cc1. The van der Waals surface area contributed by atoms with Crippen LogP contribution in [-0.4, -0.2) is 5.97 Å². The largest absolute Gasteiger partial charge is 0.434 e. The molecule has 0 spiro atoms. The van der Waals surface area contributed by atoms with Crippen LogP contribution in [0.1, 0.15) is 11.5 Å². The highest BCUT2D eigenvalue weighted by Gasteiger charge is 2.23. The zero-order valence-electron chi connectivity index (χ0n) is 6.74. The van der Waals surface area contributed by atoms with Gasteiger partial charge in [-0.2, -0.15) is 0 Å². The van der Waals surface area contributed by atoms with Crippen molar-refractivity contribution in [3.05, 3.63) is 48.0 Å². The minimum atomic E-state index is -0.374. The summed E-state index contributed by atoms with van der Waals surface area (Å²) in [5.41, 5.74) is 0.750. The van der Waals surface area contributed by atoms with Gasteiger partial charge >= 0.3 is 5.97 Å². The van der Waals surface area contributed by atoms with Gasteiger partial charge in [-0.1, -0.05) is 12.1 Å². The van der Waals surface area contributed by atoms with Crippen LogP contribution in [0.3, 0.4) is 0 Å². The molecular weight excluding hydrogens is 171 g/mol. The van der Waals surface area contributed by atoms with E-state index in [2.05, 4.69) is 4.74 Å². The predicted octanol–water partition coefficient (Wildman–Crippen LogP) is 1.98. The maximum Gasteiger partial charge on any atom is 0.322 e. The number of halogens is 1. The molecule has 0 saturated heterocycles. The summed E-state index contributed by atoms with van der Waals surface area (Å²) >= 11 is 0. The molecule has 0 amide bonds. The quantitative estimate of drug-likeness (QED) is 0.614. The Morgan fingerprint density at radius 1 is 1.23 bits per heavy atom. The molecule has 0 radical (unpaired) electrons. The highest BCUT2D eigenvalue weighted by atomic mass is 19.1. The van der Waals surface area contributed by atoms with Crippen LogP contribution >= 0.6 is 0 Å². The van der Waals surface area contributed by atoms with Gasteiger partial charge < -0.3 is 4.74 Å². The van der Waals surface area contributed by atoms with Crippen molar-refractivity contribution in [1.82, 2.24) is 0 Å². The Morgan fingerprint density at radius 3 is 2.46 bits per heavy atom. The molecule has 2 rings (SSSR count). The van der Waals surface area contributed by atoms with Crippen LogP contribution in [0.2, 0.25) is 0 Å². The fourth-order valence-electron chi connectivity index (χ4n) is 1.25. The van der Waals surface area contributed by atoms with Crippen molar-refractivity contribution < 1.29 is 13.9 Å². The minimum absolute atomic E-state index is 0.306. The second-order valence-corrected chi connectivity index (χ2v) is 2.79. The van der Waals surface area contributed by atoms with Crippen LogP contribution in [0.15, 0.2) is 36.6 Å². The Morgan fingerprint density at radius 2 is 1.92 bits per heavy atom. The Kier molecular flexibility index (Phi) is 1.85. The molecule has 1 aliphatic rings. The summed E-state index contributed by atoms with van der Waals surface area (Å²) in [5, 5.41) is 0. The molecule has 0 saturated carbocycles. The molecule has 66 valence electrons. The normalized spacial score (nSPS) is 20.4. The number of ether oxygens (including phenoxy) is 1. The molecule has 1 aromatic carbocycles. The third kappa shape index (κ3) is 1.45. The predicted molar refractivity (Wildman–Crippen MR) is 44.4 cm³/mol. The zero-order chi connectivity index (χ0) is 9.26. The van der Waals surface area contributed by atoms with E-state index in [4.69, 9.17) is 0 Å². The first-order chi connectivity index (χ1) is 6.27. The third-order valence-electron chi connectivity index (χ3n) is 1.94. The van der Waals surface area contributed by atoms with Crippen molar-refractivity contribution in [2.75, 3.05) is 0 Å². The molecule has 0 aromatic heterocycles. The lowest BCUT2D eigenvalue weighted by molar-refractivity contribution is -0.136. The Balaban J connectivity index is 2.30. The monoisotopic (exact) mass is 178 g/mol. The van der Waals surface area contributed by atoms with Gasteiger partial charge in [0, 0.05) is 0 Å².